The lowest BCUT2D eigenvalue weighted by atomic mass is 10.1. The van der Waals surface area contributed by atoms with Gasteiger partial charge in [-0.3, -0.25) is 0 Å². The molecule has 1 aliphatic rings. The summed E-state index contributed by atoms with van der Waals surface area (Å²) in [5, 5.41) is 3.49. The minimum atomic E-state index is 0.603. The fourth-order valence-electron chi connectivity index (χ4n) is 2.24. The molecular formula is C12H17NO. The van der Waals surface area contributed by atoms with E-state index in [2.05, 4.69) is 24.4 Å². The molecule has 0 heterocycles. The Morgan fingerprint density at radius 1 is 1.43 bits per heavy atom. The highest BCUT2D eigenvalue weighted by Gasteiger charge is 2.22. The fourth-order valence-corrected chi connectivity index (χ4v) is 2.24. The van der Waals surface area contributed by atoms with Crippen molar-refractivity contribution in [2.45, 2.75) is 25.8 Å². The molecule has 1 aliphatic carbocycles. The smallest absolute Gasteiger partial charge is 0.122 e. The lowest BCUT2D eigenvalue weighted by Crippen LogP contribution is -2.28. The molecule has 0 spiro atoms. The van der Waals surface area contributed by atoms with Gasteiger partial charge >= 0.3 is 0 Å². The Balaban J connectivity index is 2.21. The number of fused-ring (bicyclic) bond motifs is 1. The minimum absolute atomic E-state index is 0.603. The van der Waals surface area contributed by atoms with Gasteiger partial charge in [-0.2, -0.15) is 0 Å². The van der Waals surface area contributed by atoms with E-state index in [4.69, 9.17) is 4.74 Å². The van der Waals surface area contributed by atoms with Gasteiger partial charge in [-0.05, 0) is 36.6 Å². The molecule has 0 amide bonds. The lowest BCUT2D eigenvalue weighted by molar-refractivity contribution is 0.409. The molecular weight excluding hydrogens is 174 g/mol. The van der Waals surface area contributed by atoms with Gasteiger partial charge in [0, 0.05) is 6.04 Å². The Labute approximate surface area is 85.3 Å². The van der Waals surface area contributed by atoms with Crippen molar-refractivity contribution in [3.63, 3.8) is 0 Å². The summed E-state index contributed by atoms with van der Waals surface area (Å²) in [6.07, 6.45) is 2.24. The highest BCUT2D eigenvalue weighted by atomic mass is 16.5. The van der Waals surface area contributed by atoms with Crippen molar-refractivity contribution in [3.05, 3.63) is 29.3 Å². The number of hydrogen-bond acceptors (Lipinski definition) is 2. The van der Waals surface area contributed by atoms with Gasteiger partial charge < -0.3 is 10.1 Å². The number of benzene rings is 1. The van der Waals surface area contributed by atoms with Crippen LogP contribution in [0.25, 0.3) is 0 Å². The summed E-state index contributed by atoms with van der Waals surface area (Å²) < 4.78 is 5.36. The summed E-state index contributed by atoms with van der Waals surface area (Å²) >= 11 is 0. The second kappa shape index (κ2) is 4.01. The van der Waals surface area contributed by atoms with Crippen molar-refractivity contribution in [2.24, 2.45) is 0 Å². The van der Waals surface area contributed by atoms with Crippen LogP contribution in [0.2, 0.25) is 0 Å². The van der Waals surface area contributed by atoms with Gasteiger partial charge in [-0.15, -0.1) is 0 Å². The van der Waals surface area contributed by atoms with Crippen molar-refractivity contribution in [2.75, 3.05) is 13.7 Å². The second-order valence-electron chi connectivity index (χ2n) is 3.76. The van der Waals surface area contributed by atoms with Gasteiger partial charge in [0.1, 0.15) is 5.75 Å². The normalized spacial score (nSPS) is 19.4. The summed E-state index contributed by atoms with van der Waals surface area (Å²) in [4.78, 5) is 0. The summed E-state index contributed by atoms with van der Waals surface area (Å²) in [5.41, 5.74) is 2.83. The number of nitrogens with one attached hydrogen (secondary N) is 1. The maximum Gasteiger partial charge on any atom is 0.122 e. The van der Waals surface area contributed by atoms with Gasteiger partial charge in [-0.25, -0.2) is 0 Å². The fraction of sp³-hybridized carbons (Fsp3) is 0.500. The average molecular weight is 191 g/mol. The predicted octanol–water partition coefficient (Wildman–Crippen LogP) is 1.77. The van der Waals surface area contributed by atoms with E-state index in [1.807, 2.05) is 6.07 Å². The molecule has 0 saturated heterocycles. The van der Waals surface area contributed by atoms with E-state index in [1.165, 1.54) is 11.1 Å². The molecule has 1 atom stereocenters. The monoisotopic (exact) mass is 191 g/mol. The van der Waals surface area contributed by atoms with Crippen LogP contribution in [-0.2, 0) is 12.8 Å². The quantitative estimate of drug-likeness (QED) is 0.786. The number of likely N-dealkylation sites (N-methyl/N-ethyl adjacent to an activating group) is 1. The molecule has 1 aromatic rings. The van der Waals surface area contributed by atoms with Crippen LogP contribution in [0.4, 0.5) is 0 Å². The van der Waals surface area contributed by atoms with Crippen LogP contribution in [0, 0.1) is 0 Å². The molecule has 2 nitrogen and oxygen atoms in total. The predicted molar refractivity (Wildman–Crippen MR) is 57.9 cm³/mol. The van der Waals surface area contributed by atoms with E-state index in [-0.39, 0.29) is 0 Å². The number of methoxy groups -OCH3 is 1. The van der Waals surface area contributed by atoms with E-state index < -0.39 is 0 Å². The topological polar surface area (TPSA) is 21.3 Å². The molecule has 14 heavy (non-hydrogen) atoms. The van der Waals surface area contributed by atoms with Crippen molar-refractivity contribution in [1.82, 2.24) is 5.32 Å². The third-order valence-electron chi connectivity index (χ3n) is 2.86. The van der Waals surface area contributed by atoms with E-state index in [9.17, 15) is 0 Å². The largest absolute Gasteiger partial charge is 0.496 e. The molecule has 2 rings (SSSR count). The van der Waals surface area contributed by atoms with Gasteiger partial charge in [0.05, 0.1) is 7.11 Å². The first kappa shape index (κ1) is 9.53. The lowest BCUT2D eigenvalue weighted by Gasteiger charge is -2.09. The van der Waals surface area contributed by atoms with Crippen LogP contribution in [0.3, 0.4) is 0 Å². The summed E-state index contributed by atoms with van der Waals surface area (Å²) in [6, 6.07) is 6.93. The first-order valence-corrected chi connectivity index (χ1v) is 5.23. The molecule has 0 aliphatic heterocycles. The maximum atomic E-state index is 5.36. The van der Waals surface area contributed by atoms with E-state index in [0.717, 1.165) is 25.1 Å². The second-order valence-corrected chi connectivity index (χ2v) is 3.76. The maximum absolute atomic E-state index is 5.36. The molecule has 2 heteroatoms. The molecule has 0 aromatic heterocycles. The third kappa shape index (κ3) is 1.62. The van der Waals surface area contributed by atoms with E-state index in [0.29, 0.717) is 6.04 Å². The zero-order chi connectivity index (χ0) is 9.97. The Hall–Kier alpha value is -1.02. The van der Waals surface area contributed by atoms with Crippen molar-refractivity contribution in [1.29, 1.82) is 0 Å². The molecule has 0 saturated carbocycles. The van der Waals surface area contributed by atoms with Crippen molar-refractivity contribution < 1.29 is 4.74 Å². The first-order valence-electron chi connectivity index (χ1n) is 5.23. The Morgan fingerprint density at radius 2 is 2.29 bits per heavy atom. The first-order chi connectivity index (χ1) is 6.85. The minimum Gasteiger partial charge on any atom is -0.496 e. The highest BCUT2D eigenvalue weighted by molar-refractivity contribution is 5.44. The number of rotatable bonds is 3. The van der Waals surface area contributed by atoms with E-state index in [1.54, 1.807) is 7.11 Å². The van der Waals surface area contributed by atoms with Gasteiger partial charge in [0.2, 0.25) is 0 Å². The van der Waals surface area contributed by atoms with Crippen LogP contribution >= 0.6 is 0 Å². The molecule has 76 valence electrons. The summed E-state index contributed by atoms with van der Waals surface area (Å²) in [7, 11) is 1.75. The Bertz CT molecular complexity index is 322. The van der Waals surface area contributed by atoms with Crippen LogP contribution in [0.5, 0.6) is 5.75 Å². The van der Waals surface area contributed by atoms with Gasteiger partial charge in [-0.1, -0.05) is 19.1 Å². The Kier molecular flexibility index (Phi) is 2.73. The van der Waals surface area contributed by atoms with Crippen LogP contribution in [-0.4, -0.2) is 19.7 Å². The highest BCUT2D eigenvalue weighted by Crippen LogP contribution is 2.30. The standard InChI is InChI=1S/C12H17NO/c1-3-13-10-7-9-5-4-6-12(14-2)11(9)8-10/h4-6,10,13H,3,7-8H2,1-2H3. The third-order valence-corrected chi connectivity index (χ3v) is 2.86. The SMILES string of the molecule is CCNC1Cc2cccc(OC)c2C1. The van der Waals surface area contributed by atoms with Gasteiger partial charge in [0.25, 0.3) is 0 Å². The van der Waals surface area contributed by atoms with Crippen LogP contribution < -0.4 is 10.1 Å². The van der Waals surface area contributed by atoms with E-state index >= 15 is 0 Å². The number of ether oxygens (including phenoxy) is 1. The number of hydrogen-bond donors (Lipinski definition) is 1. The van der Waals surface area contributed by atoms with Crippen molar-refractivity contribution >= 4 is 0 Å². The average Bonchev–Trinajstić information content (AvgIpc) is 2.60. The molecule has 0 radical (unpaired) electrons. The summed E-state index contributed by atoms with van der Waals surface area (Å²) in [5.74, 6) is 1.04. The molecule has 1 N–H and O–H groups in total. The molecule has 0 fully saturated rings. The zero-order valence-corrected chi connectivity index (χ0v) is 8.84. The van der Waals surface area contributed by atoms with Crippen molar-refractivity contribution in [3.8, 4) is 5.75 Å². The zero-order valence-electron chi connectivity index (χ0n) is 8.84. The molecule has 0 bridgehead atoms. The van der Waals surface area contributed by atoms with Crippen LogP contribution in [0.15, 0.2) is 18.2 Å². The van der Waals surface area contributed by atoms with Gasteiger partial charge in [0.15, 0.2) is 0 Å². The Morgan fingerprint density at radius 3 is 3.00 bits per heavy atom. The molecule has 1 unspecified atom stereocenters. The summed E-state index contributed by atoms with van der Waals surface area (Å²) in [6.45, 7) is 3.20. The molecule has 1 aromatic carbocycles. The van der Waals surface area contributed by atoms with Crippen LogP contribution in [0.1, 0.15) is 18.1 Å².